The van der Waals surface area contributed by atoms with Crippen LogP contribution in [-0.4, -0.2) is 10.8 Å². The smallest absolute Gasteiger partial charge is 0.242 e. The molecule has 4 atom stereocenters. The van der Waals surface area contributed by atoms with Gasteiger partial charge in [-0.15, -0.1) is 11.6 Å². The molecule has 2 bridgehead atoms. The van der Waals surface area contributed by atoms with E-state index in [0.717, 1.165) is 18.4 Å². The third-order valence-electron chi connectivity index (χ3n) is 4.94. The molecule has 1 aromatic carbocycles. The first-order valence-electron chi connectivity index (χ1n) is 7.65. The molecule has 1 amide bonds. The van der Waals surface area contributed by atoms with E-state index in [-0.39, 0.29) is 17.9 Å². The van der Waals surface area contributed by atoms with E-state index in [9.17, 15) is 4.79 Å². The summed E-state index contributed by atoms with van der Waals surface area (Å²) in [7, 11) is 0. The molecule has 1 saturated carbocycles. The van der Waals surface area contributed by atoms with Crippen molar-refractivity contribution in [3.8, 4) is 0 Å². The van der Waals surface area contributed by atoms with Gasteiger partial charge in [0.2, 0.25) is 5.91 Å². The molecule has 21 heavy (non-hydrogen) atoms. The number of allylic oxidation sites excluding steroid dienone is 2. The lowest BCUT2D eigenvalue weighted by Crippen LogP contribution is -2.46. The van der Waals surface area contributed by atoms with Gasteiger partial charge in [0.15, 0.2) is 0 Å². The lowest BCUT2D eigenvalue weighted by Gasteiger charge is -2.29. The van der Waals surface area contributed by atoms with Crippen LogP contribution in [0, 0.1) is 25.7 Å². The number of aryl methyl sites for hydroxylation is 2. The van der Waals surface area contributed by atoms with Gasteiger partial charge in [-0.1, -0.05) is 35.9 Å². The second-order valence-electron chi connectivity index (χ2n) is 6.61. The molecule has 2 nitrogen and oxygen atoms in total. The maximum Gasteiger partial charge on any atom is 0.242 e. The highest BCUT2D eigenvalue weighted by Crippen LogP contribution is 2.50. The highest BCUT2D eigenvalue weighted by Gasteiger charge is 2.52. The third kappa shape index (κ3) is 2.50. The number of amides is 1. The molecule has 0 spiro atoms. The van der Waals surface area contributed by atoms with E-state index >= 15 is 0 Å². The topological polar surface area (TPSA) is 29.1 Å². The number of halogens is 1. The molecule has 0 radical (unpaired) electrons. The zero-order valence-corrected chi connectivity index (χ0v) is 13.6. The van der Waals surface area contributed by atoms with Gasteiger partial charge in [0.25, 0.3) is 0 Å². The number of rotatable bonds is 3. The highest BCUT2D eigenvalue weighted by molar-refractivity contribution is 6.35. The van der Waals surface area contributed by atoms with E-state index in [0.29, 0.717) is 5.92 Å². The van der Waals surface area contributed by atoms with Crippen LogP contribution in [0.3, 0.4) is 0 Å². The molecule has 0 saturated heterocycles. The first-order chi connectivity index (χ1) is 9.90. The molecule has 4 unspecified atom stereocenters. The molecule has 1 aromatic rings. The summed E-state index contributed by atoms with van der Waals surface area (Å²) in [6.45, 7) is 6.19. The summed E-state index contributed by atoms with van der Waals surface area (Å²) in [4.78, 5) is 11.9. The van der Waals surface area contributed by atoms with Gasteiger partial charge in [0, 0.05) is 5.92 Å². The van der Waals surface area contributed by atoms with Crippen molar-refractivity contribution in [1.29, 1.82) is 0 Å². The monoisotopic (exact) mass is 303 g/mol. The highest BCUT2D eigenvalue weighted by atomic mass is 35.5. The number of benzene rings is 1. The van der Waals surface area contributed by atoms with E-state index in [1.165, 1.54) is 11.1 Å². The number of alkyl halides is 1. The Balaban J connectivity index is 1.74. The number of carbonyl (C=O) groups excluding carboxylic acids is 1. The fourth-order valence-electron chi connectivity index (χ4n) is 3.77. The van der Waals surface area contributed by atoms with Crippen molar-refractivity contribution in [2.24, 2.45) is 11.8 Å². The minimum absolute atomic E-state index is 0.0168. The quantitative estimate of drug-likeness (QED) is 0.662. The van der Waals surface area contributed by atoms with Crippen LogP contribution in [0.25, 0.3) is 0 Å². The van der Waals surface area contributed by atoms with Crippen molar-refractivity contribution in [2.75, 3.05) is 0 Å². The van der Waals surface area contributed by atoms with Crippen molar-refractivity contribution >= 4 is 17.5 Å². The SMILES string of the molecule is Cc1ccc(C(C)NC(=O)C2(Cl)CC3C=CC2C3)c(C)c1. The summed E-state index contributed by atoms with van der Waals surface area (Å²) < 4.78 is 0. The molecule has 112 valence electrons. The Bertz CT molecular complexity index is 609. The molecule has 2 aliphatic carbocycles. The Morgan fingerprint density at radius 2 is 2.14 bits per heavy atom. The van der Waals surface area contributed by atoms with Crippen LogP contribution in [0.4, 0.5) is 0 Å². The van der Waals surface area contributed by atoms with E-state index in [1.54, 1.807) is 0 Å². The number of fused-ring (bicyclic) bond motifs is 2. The number of carbonyl (C=O) groups is 1. The summed E-state index contributed by atoms with van der Waals surface area (Å²) in [5.41, 5.74) is 3.61. The molecule has 1 fully saturated rings. The Morgan fingerprint density at radius 1 is 1.38 bits per heavy atom. The molecule has 2 aliphatic rings. The maximum atomic E-state index is 12.6. The van der Waals surface area contributed by atoms with Crippen molar-refractivity contribution in [3.63, 3.8) is 0 Å². The summed E-state index contributed by atoms with van der Waals surface area (Å²) in [6.07, 6.45) is 6.10. The standard InChI is InChI=1S/C18H22ClNO/c1-11-4-7-16(12(2)8-11)13(3)20-17(21)18(19)10-14-5-6-15(18)9-14/h4-8,13-15H,9-10H2,1-3H3,(H,20,21). The van der Waals surface area contributed by atoms with E-state index in [2.05, 4.69) is 49.5 Å². The summed E-state index contributed by atoms with van der Waals surface area (Å²) in [5, 5.41) is 3.12. The van der Waals surface area contributed by atoms with Crippen LogP contribution >= 0.6 is 11.6 Å². The Labute approximate surface area is 131 Å². The van der Waals surface area contributed by atoms with Gasteiger partial charge >= 0.3 is 0 Å². The second-order valence-corrected chi connectivity index (χ2v) is 7.28. The summed E-state index contributed by atoms with van der Waals surface area (Å²) in [5.74, 6) is 0.652. The largest absolute Gasteiger partial charge is 0.348 e. The van der Waals surface area contributed by atoms with Crippen LogP contribution in [-0.2, 0) is 4.79 Å². The molecule has 0 aromatic heterocycles. The normalized spacial score (nSPS) is 31.4. The van der Waals surface area contributed by atoms with Crippen molar-refractivity contribution in [2.45, 2.75) is 44.5 Å². The van der Waals surface area contributed by atoms with Crippen LogP contribution in [0.5, 0.6) is 0 Å². The Hall–Kier alpha value is -1.28. The van der Waals surface area contributed by atoms with Gasteiger partial charge in [-0.3, -0.25) is 4.79 Å². The van der Waals surface area contributed by atoms with Crippen molar-refractivity contribution in [3.05, 3.63) is 47.0 Å². The van der Waals surface area contributed by atoms with Crippen molar-refractivity contribution < 1.29 is 4.79 Å². The van der Waals surface area contributed by atoms with Crippen LogP contribution in [0.15, 0.2) is 30.4 Å². The Morgan fingerprint density at radius 3 is 2.71 bits per heavy atom. The fraction of sp³-hybridized carbons (Fsp3) is 0.500. The lowest BCUT2D eigenvalue weighted by molar-refractivity contribution is -0.125. The molecule has 0 aliphatic heterocycles. The molecule has 1 N–H and O–H groups in total. The van der Waals surface area contributed by atoms with Crippen LogP contribution < -0.4 is 5.32 Å². The first-order valence-corrected chi connectivity index (χ1v) is 8.03. The molecule has 3 rings (SSSR count). The predicted molar refractivity (Wildman–Crippen MR) is 86.4 cm³/mol. The number of hydrogen-bond donors (Lipinski definition) is 1. The fourth-order valence-corrected chi connectivity index (χ4v) is 4.18. The number of hydrogen-bond acceptors (Lipinski definition) is 1. The number of nitrogens with one attached hydrogen (secondary N) is 1. The molecule has 0 heterocycles. The summed E-state index contributed by atoms with van der Waals surface area (Å²) >= 11 is 6.65. The van der Waals surface area contributed by atoms with Gasteiger partial charge in [0.1, 0.15) is 4.87 Å². The minimum atomic E-state index is -0.744. The molecule has 3 heteroatoms. The average molecular weight is 304 g/mol. The van der Waals surface area contributed by atoms with E-state index in [4.69, 9.17) is 11.6 Å². The van der Waals surface area contributed by atoms with E-state index in [1.807, 2.05) is 6.92 Å². The molecular formula is C18H22ClNO. The van der Waals surface area contributed by atoms with Gasteiger partial charge in [0.05, 0.1) is 6.04 Å². The second kappa shape index (κ2) is 5.17. The first kappa shape index (κ1) is 14.6. The van der Waals surface area contributed by atoms with E-state index < -0.39 is 4.87 Å². The van der Waals surface area contributed by atoms with Crippen LogP contribution in [0.1, 0.15) is 42.5 Å². The van der Waals surface area contributed by atoms with Crippen molar-refractivity contribution in [1.82, 2.24) is 5.32 Å². The van der Waals surface area contributed by atoms with Gasteiger partial charge < -0.3 is 5.32 Å². The van der Waals surface area contributed by atoms with Gasteiger partial charge in [-0.05, 0) is 50.7 Å². The minimum Gasteiger partial charge on any atom is -0.348 e. The molecular weight excluding hydrogens is 282 g/mol. The maximum absolute atomic E-state index is 12.6. The average Bonchev–Trinajstić information content (AvgIpc) is 2.98. The third-order valence-corrected chi connectivity index (χ3v) is 5.54. The predicted octanol–water partition coefficient (Wildman–Crippen LogP) is 4.05. The van der Waals surface area contributed by atoms with Crippen LogP contribution in [0.2, 0.25) is 0 Å². The van der Waals surface area contributed by atoms with Gasteiger partial charge in [-0.2, -0.15) is 0 Å². The zero-order valence-electron chi connectivity index (χ0n) is 12.8. The lowest BCUT2D eigenvalue weighted by atomic mass is 9.91. The Kier molecular flexibility index (Phi) is 3.61. The summed E-state index contributed by atoms with van der Waals surface area (Å²) in [6, 6.07) is 6.31. The van der Waals surface area contributed by atoms with Gasteiger partial charge in [-0.25, -0.2) is 0 Å². The zero-order chi connectivity index (χ0) is 15.2.